The maximum atomic E-state index is 12.7. The van der Waals surface area contributed by atoms with Crippen LogP contribution in [0.15, 0.2) is 66.7 Å². The fraction of sp³-hybridized carbons (Fsp3) is 0.130. The first kappa shape index (κ1) is 20.3. The number of para-hydroxylation sites is 3. The molecule has 0 spiro atoms. The number of carbonyl (C=O) groups excluding carboxylic acids is 1. The number of aromatic nitrogens is 2. The molecule has 1 heterocycles. The molecule has 1 aromatic heterocycles. The monoisotopic (exact) mass is 439 g/mol. The molecular formula is C23H19Cl2N3O2. The molecule has 0 atom stereocenters. The van der Waals surface area contributed by atoms with Crippen molar-refractivity contribution < 1.29 is 9.53 Å². The highest BCUT2D eigenvalue weighted by atomic mass is 35.5. The van der Waals surface area contributed by atoms with Gasteiger partial charge in [-0.3, -0.25) is 4.79 Å². The van der Waals surface area contributed by atoms with E-state index in [0.717, 1.165) is 22.4 Å². The highest BCUT2D eigenvalue weighted by molar-refractivity contribution is 6.42. The molecule has 4 rings (SSSR count). The van der Waals surface area contributed by atoms with E-state index in [-0.39, 0.29) is 12.5 Å². The van der Waals surface area contributed by atoms with E-state index in [1.54, 1.807) is 31.4 Å². The van der Waals surface area contributed by atoms with Crippen molar-refractivity contribution in [2.24, 2.45) is 0 Å². The Kier molecular flexibility index (Phi) is 5.93. The summed E-state index contributed by atoms with van der Waals surface area (Å²) in [7, 11) is 1.54. The Balaban J connectivity index is 1.63. The number of carbonyl (C=O) groups is 1. The lowest BCUT2D eigenvalue weighted by atomic mass is 10.2. The summed E-state index contributed by atoms with van der Waals surface area (Å²) in [4.78, 5) is 17.4. The Hall–Kier alpha value is -3.02. The third-order valence-electron chi connectivity index (χ3n) is 4.82. The van der Waals surface area contributed by atoms with E-state index >= 15 is 0 Å². The first-order valence-corrected chi connectivity index (χ1v) is 10.1. The number of fused-ring (bicyclic) bond motifs is 1. The second-order valence-electron chi connectivity index (χ2n) is 6.73. The van der Waals surface area contributed by atoms with Crippen LogP contribution in [0.25, 0.3) is 11.0 Å². The van der Waals surface area contributed by atoms with Gasteiger partial charge >= 0.3 is 0 Å². The zero-order chi connectivity index (χ0) is 21.1. The van der Waals surface area contributed by atoms with Crippen LogP contribution in [-0.4, -0.2) is 22.6 Å². The van der Waals surface area contributed by atoms with Gasteiger partial charge in [-0.25, -0.2) is 4.98 Å². The van der Waals surface area contributed by atoms with Crippen molar-refractivity contribution >= 4 is 40.1 Å². The quantitative estimate of drug-likeness (QED) is 0.441. The van der Waals surface area contributed by atoms with Crippen LogP contribution in [0.5, 0.6) is 5.75 Å². The number of ether oxygens (including phenoxy) is 1. The number of nitrogens with one attached hydrogen (secondary N) is 1. The average Bonchev–Trinajstić information content (AvgIpc) is 3.12. The normalized spacial score (nSPS) is 10.9. The molecule has 0 aliphatic heterocycles. The molecule has 0 aliphatic carbocycles. The van der Waals surface area contributed by atoms with Crippen LogP contribution >= 0.6 is 23.2 Å². The molecule has 4 aromatic rings. The Morgan fingerprint density at radius 1 is 1.03 bits per heavy atom. The van der Waals surface area contributed by atoms with E-state index < -0.39 is 0 Å². The molecule has 0 saturated heterocycles. The van der Waals surface area contributed by atoms with Gasteiger partial charge in [0, 0.05) is 6.54 Å². The molecule has 0 unspecified atom stereocenters. The molecular weight excluding hydrogens is 421 g/mol. The lowest BCUT2D eigenvalue weighted by molar-refractivity contribution is 0.0946. The van der Waals surface area contributed by atoms with Crippen LogP contribution in [0, 0.1) is 0 Å². The summed E-state index contributed by atoms with van der Waals surface area (Å²) in [5.41, 5.74) is 3.31. The van der Waals surface area contributed by atoms with Crippen molar-refractivity contribution in [3.8, 4) is 5.75 Å². The fourth-order valence-corrected chi connectivity index (χ4v) is 3.66. The Morgan fingerprint density at radius 3 is 2.60 bits per heavy atom. The van der Waals surface area contributed by atoms with Gasteiger partial charge < -0.3 is 14.6 Å². The molecule has 1 N–H and O–H groups in total. The van der Waals surface area contributed by atoms with Crippen molar-refractivity contribution in [3.05, 3.63) is 93.7 Å². The van der Waals surface area contributed by atoms with Gasteiger partial charge in [0.25, 0.3) is 5.91 Å². The van der Waals surface area contributed by atoms with E-state index in [1.165, 1.54) is 0 Å². The van der Waals surface area contributed by atoms with Crippen molar-refractivity contribution in [2.45, 2.75) is 13.1 Å². The molecule has 3 aromatic carbocycles. The lowest BCUT2D eigenvalue weighted by Gasteiger charge is -2.12. The van der Waals surface area contributed by atoms with E-state index in [9.17, 15) is 4.79 Å². The van der Waals surface area contributed by atoms with Crippen LogP contribution in [0.1, 0.15) is 21.7 Å². The van der Waals surface area contributed by atoms with E-state index in [2.05, 4.69) is 9.88 Å². The number of rotatable bonds is 6. The van der Waals surface area contributed by atoms with Crippen molar-refractivity contribution in [3.63, 3.8) is 0 Å². The summed E-state index contributed by atoms with van der Waals surface area (Å²) in [5.74, 6) is 1.05. The van der Waals surface area contributed by atoms with Crippen LogP contribution < -0.4 is 10.1 Å². The molecule has 0 saturated carbocycles. The summed E-state index contributed by atoms with van der Waals surface area (Å²) in [6, 6.07) is 20.5. The number of halogens is 2. The number of amides is 1. The van der Waals surface area contributed by atoms with Crippen molar-refractivity contribution in [1.29, 1.82) is 0 Å². The SMILES string of the molecule is COc1ccccc1C(=O)NCc1nc2ccccc2n1Cc1ccc(Cl)c(Cl)c1. The average molecular weight is 440 g/mol. The van der Waals surface area contributed by atoms with Gasteiger partial charge in [-0.15, -0.1) is 0 Å². The van der Waals surface area contributed by atoms with Crippen molar-refractivity contribution in [2.75, 3.05) is 7.11 Å². The smallest absolute Gasteiger partial charge is 0.255 e. The highest BCUT2D eigenvalue weighted by Crippen LogP contribution is 2.25. The Labute approximate surface area is 184 Å². The number of hydrogen-bond acceptors (Lipinski definition) is 3. The summed E-state index contributed by atoms with van der Waals surface area (Å²) in [6.45, 7) is 0.824. The predicted molar refractivity (Wildman–Crippen MR) is 119 cm³/mol. The summed E-state index contributed by atoms with van der Waals surface area (Å²) < 4.78 is 7.35. The van der Waals surface area contributed by atoms with Crippen LogP contribution in [0.3, 0.4) is 0 Å². The van der Waals surface area contributed by atoms with E-state index in [0.29, 0.717) is 27.9 Å². The lowest BCUT2D eigenvalue weighted by Crippen LogP contribution is -2.25. The third-order valence-corrected chi connectivity index (χ3v) is 5.56. The first-order chi connectivity index (χ1) is 14.6. The molecule has 152 valence electrons. The zero-order valence-corrected chi connectivity index (χ0v) is 17.7. The second-order valence-corrected chi connectivity index (χ2v) is 7.55. The summed E-state index contributed by atoms with van der Waals surface area (Å²) in [6.07, 6.45) is 0. The minimum atomic E-state index is -0.222. The maximum Gasteiger partial charge on any atom is 0.255 e. The zero-order valence-electron chi connectivity index (χ0n) is 16.2. The van der Waals surface area contributed by atoms with Crippen LogP contribution in [0.4, 0.5) is 0 Å². The predicted octanol–water partition coefficient (Wildman–Crippen LogP) is 5.33. The molecule has 0 fully saturated rings. The fourth-order valence-electron chi connectivity index (χ4n) is 3.34. The maximum absolute atomic E-state index is 12.7. The van der Waals surface area contributed by atoms with E-state index in [4.69, 9.17) is 32.9 Å². The summed E-state index contributed by atoms with van der Waals surface area (Å²) in [5, 5.41) is 3.97. The molecule has 0 radical (unpaired) electrons. The first-order valence-electron chi connectivity index (χ1n) is 9.36. The standard InChI is InChI=1S/C23H19Cl2N3O2/c1-30-21-9-5-2-6-16(21)23(29)26-13-22-27-19-7-3-4-8-20(19)28(22)14-15-10-11-17(24)18(25)12-15/h2-12H,13-14H2,1H3,(H,26,29). The van der Waals surface area contributed by atoms with Crippen molar-refractivity contribution in [1.82, 2.24) is 14.9 Å². The number of benzene rings is 3. The van der Waals surface area contributed by atoms with Gasteiger partial charge in [-0.2, -0.15) is 0 Å². The van der Waals surface area contributed by atoms with Gasteiger partial charge in [0.05, 0.1) is 40.3 Å². The third kappa shape index (κ3) is 4.13. The van der Waals surface area contributed by atoms with Gasteiger partial charge in [0.2, 0.25) is 0 Å². The second kappa shape index (κ2) is 8.78. The van der Waals surface area contributed by atoms with Crippen LogP contribution in [0.2, 0.25) is 10.0 Å². The van der Waals surface area contributed by atoms with Gasteiger partial charge in [0.15, 0.2) is 0 Å². The Morgan fingerprint density at radius 2 is 1.80 bits per heavy atom. The number of imidazole rings is 1. The van der Waals surface area contributed by atoms with Crippen LogP contribution in [-0.2, 0) is 13.1 Å². The van der Waals surface area contributed by atoms with Gasteiger partial charge in [-0.1, -0.05) is 53.5 Å². The molecule has 5 nitrogen and oxygen atoms in total. The van der Waals surface area contributed by atoms with Gasteiger partial charge in [0.1, 0.15) is 11.6 Å². The van der Waals surface area contributed by atoms with E-state index in [1.807, 2.05) is 42.5 Å². The van der Waals surface area contributed by atoms with Gasteiger partial charge in [-0.05, 0) is 42.0 Å². The number of nitrogens with zero attached hydrogens (tertiary/aromatic N) is 2. The number of methoxy groups -OCH3 is 1. The molecule has 0 aliphatic rings. The Bertz CT molecular complexity index is 1220. The highest BCUT2D eigenvalue weighted by Gasteiger charge is 2.15. The summed E-state index contributed by atoms with van der Waals surface area (Å²) >= 11 is 12.2. The molecule has 0 bridgehead atoms. The molecule has 30 heavy (non-hydrogen) atoms. The largest absolute Gasteiger partial charge is 0.496 e. The minimum Gasteiger partial charge on any atom is -0.496 e. The minimum absolute atomic E-state index is 0.222. The molecule has 7 heteroatoms. The molecule has 1 amide bonds. The number of hydrogen-bond donors (Lipinski definition) is 1. The topological polar surface area (TPSA) is 56.1 Å².